The lowest BCUT2D eigenvalue weighted by Crippen LogP contribution is -2.46. The normalized spacial score (nSPS) is 27.2. The van der Waals surface area contributed by atoms with Gasteiger partial charge >= 0.3 is 12.2 Å². The smallest absolute Gasteiger partial charge is 0.351 e. The molecule has 1 saturated carbocycles. The topological polar surface area (TPSA) is 76.5 Å². The van der Waals surface area contributed by atoms with E-state index < -0.39 is 42.4 Å². The largest absolute Gasteiger partial charge is 0.401 e. The van der Waals surface area contributed by atoms with E-state index in [0.29, 0.717) is 12.8 Å². The maximum atomic E-state index is 13.9. The Morgan fingerprint density at radius 3 is 2.68 bits per heavy atom. The van der Waals surface area contributed by atoms with Gasteiger partial charge in [0.25, 0.3) is 0 Å². The number of alkyl halides is 5. The summed E-state index contributed by atoms with van der Waals surface area (Å²) in [6.07, 6.45) is -3.36. The van der Waals surface area contributed by atoms with Gasteiger partial charge in [0.2, 0.25) is 5.92 Å². The van der Waals surface area contributed by atoms with Crippen molar-refractivity contribution in [3.8, 4) is 0 Å². The number of anilines is 1. The molecule has 0 bridgehead atoms. The molecule has 1 fully saturated rings. The SMILES string of the molecule is CC1(C(F)(F)F)CN(C(N)=O)c2cnc3cc([C@@H]4CCCC(F)(F)C4)nn3c21. The van der Waals surface area contributed by atoms with Crippen molar-refractivity contribution in [2.24, 2.45) is 5.73 Å². The first-order chi connectivity index (χ1) is 12.9. The molecule has 1 unspecified atom stereocenters. The number of fused-ring (bicyclic) bond motifs is 3. The Labute approximate surface area is 156 Å². The van der Waals surface area contributed by atoms with Gasteiger partial charge in [0.15, 0.2) is 5.65 Å². The van der Waals surface area contributed by atoms with E-state index >= 15 is 0 Å². The summed E-state index contributed by atoms with van der Waals surface area (Å²) in [5, 5.41) is 4.22. The molecular weight excluding hydrogens is 385 g/mol. The Bertz CT molecular complexity index is 955. The molecule has 1 aliphatic heterocycles. The standard InChI is InChI=1S/C17H18F5N5O/c1-15(17(20,21)22)8-26(14(23)28)11-7-24-12-5-10(25-27(12)13(11)15)9-3-2-4-16(18,19)6-9/h5,7,9H,2-4,6,8H2,1H3,(H2,23,28)/t9-,15?/m1/s1. The summed E-state index contributed by atoms with van der Waals surface area (Å²) in [6.45, 7) is 0.267. The lowest BCUT2D eigenvalue weighted by atomic mass is 9.84. The Morgan fingerprint density at radius 1 is 1.36 bits per heavy atom. The summed E-state index contributed by atoms with van der Waals surface area (Å²) >= 11 is 0. The van der Waals surface area contributed by atoms with Crippen molar-refractivity contribution in [2.75, 3.05) is 11.4 Å². The van der Waals surface area contributed by atoms with Gasteiger partial charge in [-0.05, 0) is 19.8 Å². The summed E-state index contributed by atoms with van der Waals surface area (Å²) in [5.41, 5.74) is 2.88. The number of aromatic nitrogens is 3. The van der Waals surface area contributed by atoms with Gasteiger partial charge in [-0.15, -0.1) is 0 Å². The van der Waals surface area contributed by atoms with Crippen LogP contribution in [0.15, 0.2) is 12.3 Å². The molecular formula is C17H18F5N5O. The van der Waals surface area contributed by atoms with E-state index in [-0.39, 0.29) is 29.1 Å². The molecule has 11 heteroatoms. The molecule has 2 atom stereocenters. The second-order valence-corrected chi connectivity index (χ2v) is 7.73. The summed E-state index contributed by atoms with van der Waals surface area (Å²) in [6, 6.07) is 0.408. The molecule has 6 nitrogen and oxygen atoms in total. The molecule has 3 heterocycles. The van der Waals surface area contributed by atoms with Crippen LogP contribution in [0.4, 0.5) is 32.4 Å². The van der Waals surface area contributed by atoms with Crippen LogP contribution in [0.1, 0.15) is 49.9 Å². The van der Waals surface area contributed by atoms with Crippen molar-refractivity contribution < 1.29 is 26.7 Å². The Kier molecular flexibility index (Phi) is 3.89. The van der Waals surface area contributed by atoms with Crippen molar-refractivity contribution in [3.05, 3.63) is 23.7 Å². The average Bonchev–Trinajstić information content (AvgIpc) is 3.13. The monoisotopic (exact) mass is 403 g/mol. The highest BCUT2D eigenvalue weighted by molar-refractivity contribution is 5.93. The number of primary amides is 1. The molecule has 2 aliphatic rings. The first-order valence-electron chi connectivity index (χ1n) is 8.84. The molecule has 0 saturated heterocycles. The predicted molar refractivity (Wildman–Crippen MR) is 89.5 cm³/mol. The van der Waals surface area contributed by atoms with Crippen LogP contribution in [0.2, 0.25) is 0 Å². The summed E-state index contributed by atoms with van der Waals surface area (Å²) in [7, 11) is 0. The highest BCUT2D eigenvalue weighted by atomic mass is 19.4. The zero-order valence-corrected chi connectivity index (χ0v) is 14.9. The molecule has 2 N–H and O–H groups in total. The van der Waals surface area contributed by atoms with E-state index in [4.69, 9.17) is 5.73 Å². The zero-order chi connectivity index (χ0) is 20.5. The van der Waals surface area contributed by atoms with E-state index in [1.165, 1.54) is 6.07 Å². The highest BCUT2D eigenvalue weighted by Gasteiger charge is 2.60. The first kappa shape index (κ1) is 18.9. The molecule has 28 heavy (non-hydrogen) atoms. The number of carbonyl (C=O) groups excluding carboxylic acids is 1. The van der Waals surface area contributed by atoms with Crippen molar-refractivity contribution in [1.82, 2.24) is 14.6 Å². The summed E-state index contributed by atoms with van der Waals surface area (Å²) in [4.78, 5) is 16.6. The lowest BCUT2D eigenvalue weighted by molar-refractivity contribution is -0.181. The number of carbonyl (C=O) groups is 1. The highest BCUT2D eigenvalue weighted by Crippen LogP contribution is 2.50. The number of nitrogens with two attached hydrogens (primary N) is 1. The minimum Gasteiger partial charge on any atom is -0.351 e. The van der Waals surface area contributed by atoms with E-state index in [1.54, 1.807) is 0 Å². The number of hydrogen-bond donors (Lipinski definition) is 1. The van der Waals surface area contributed by atoms with E-state index in [0.717, 1.165) is 22.5 Å². The molecule has 0 radical (unpaired) electrons. The summed E-state index contributed by atoms with van der Waals surface area (Å²) < 4.78 is 70.3. The molecule has 1 aliphatic carbocycles. The van der Waals surface area contributed by atoms with Gasteiger partial charge in [-0.2, -0.15) is 18.3 Å². The third-order valence-corrected chi connectivity index (χ3v) is 5.72. The zero-order valence-electron chi connectivity index (χ0n) is 14.9. The minimum absolute atomic E-state index is 0.0801. The first-order valence-corrected chi connectivity index (χ1v) is 8.84. The van der Waals surface area contributed by atoms with Crippen molar-refractivity contribution in [2.45, 2.75) is 56.0 Å². The lowest BCUT2D eigenvalue weighted by Gasteiger charge is -2.28. The van der Waals surface area contributed by atoms with Gasteiger partial charge in [0, 0.05) is 31.4 Å². The van der Waals surface area contributed by atoms with Crippen LogP contribution < -0.4 is 10.6 Å². The van der Waals surface area contributed by atoms with Crippen LogP contribution in [-0.4, -0.2) is 39.3 Å². The van der Waals surface area contributed by atoms with Crippen molar-refractivity contribution >= 4 is 17.4 Å². The number of halogens is 5. The van der Waals surface area contributed by atoms with Gasteiger partial charge in [-0.3, -0.25) is 4.90 Å². The van der Waals surface area contributed by atoms with Crippen LogP contribution in [0.25, 0.3) is 5.65 Å². The molecule has 0 aromatic carbocycles. The maximum Gasteiger partial charge on any atom is 0.401 e. The van der Waals surface area contributed by atoms with Crippen LogP contribution in [0.3, 0.4) is 0 Å². The van der Waals surface area contributed by atoms with E-state index in [1.807, 2.05) is 0 Å². The molecule has 0 spiro atoms. The second kappa shape index (κ2) is 5.77. The van der Waals surface area contributed by atoms with E-state index in [2.05, 4.69) is 10.1 Å². The Balaban J connectivity index is 1.88. The van der Waals surface area contributed by atoms with Crippen LogP contribution in [0, 0.1) is 0 Å². The van der Waals surface area contributed by atoms with Gasteiger partial charge in [0.05, 0.1) is 23.3 Å². The molecule has 152 valence electrons. The fourth-order valence-electron chi connectivity index (χ4n) is 4.18. The fraction of sp³-hybridized carbons (Fsp3) is 0.588. The van der Waals surface area contributed by atoms with Crippen LogP contribution >= 0.6 is 0 Å². The number of urea groups is 1. The van der Waals surface area contributed by atoms with Gasteiger partial charge in [-0.25, -0.2) is 23.1 Å². The Morgan fingerprint density at radius 2 is 2.07 bits per heavy atom. The van der Waals surface area contributed by atoms with E-state index in [9.17, 15) is 26.7 Å². The van der Waals surface area contributed by atoms with Crippen molar-refractivity contribution in [1.29, 1.82) is 0 Å². The summed E-state index contributed by atoms with van der Waals surface area (Å²) in [5.74, 6) is -3.39. The Hall–Kier alpha value is -2.46. The van der Waals surface area contributed by atoms with Gasteiger partial charge in [-0.1, -0.05) is 0 Å². The molecule has 2 aromatic heterocycles. The predicted octanol–water partition coefficient (Wildman–Crippen LogP) is 3.74. The number of hydrogen-bond acceptors (Lipinski definition) is 3. The number of amides is 2. The number of rotatable bonds is 1. The third-order valence-electron chi connectivity index (χ3n) is 5.72. The maximum absolute atomic E-state index is 13.9. The fourth-order valence-corrected chi connectivity index (χ4v) is 4.18. The number of nitrogens with zero attached hydrogens (tertiary/aromatic N) is 4. The third kappa shape index (κ3) is 2.70. The molecule has 2 amide bonds. The van der Waals surface area contributed by atoms with Gasteiger partial charge < -0.3 is 5.73 Å². The average molecular weight is 403 g/mol. The van der Waals surface area contributed by atoms with Crippen LogP contribution in [0.5, 0.6) is 0 Å². The van der Waals surface area contributed by atoms with Crippen molar-refractivity contribution in [3.63, 3.8) is 0 Å². The molecule has 4 rings (SSSR count). The molecule has 2 aromatic rings. The second-order valence-electron chi connectivity index (χ2n) is 7.73. The minimum atomic E-state index is -4.69. The quantitative estimate of drug-likeness (QED) is 0.737. The van der Waals surface area contributed by atoms with Crippen LogP contribution in [-0.2, 0) is 5.41 Å². The van der Waals surface area contributed by atoms with Gasteiger partial charge in [0.1, 0.15) is 5.41 Å².